The van der Waals surface area contributed by atoms with Gasteiger partial charge in [0.05, 0.1) is 34.6 Å². The number of esters is 1. The molecule has 0 N–H and O–H groups in total. The average Bonchev–Trinajstić information content (AvgIpc) is 3.57. The van der Waals surface area contributed by atoms with Crippen molar-refractivity contribution >= 4 is 23.4 Å². The maximum Gasteiger partial charge on any atom is 0.338 e. The highest BCUT2D eigenvalue weighted by molar-refractivity contribution is 7.07. The Morgan fingerprint density at radius 2 is 1.72 bits per heavy atom. The van der Waals surface area contributed by atoms with E-state index in [4.69, 9.17) is 9.84 Å². The van der Waals surface area contributed by atoms with E-state index in [1.807, 2.05) is 60.8 Å². The SMILES string of the molecule is COC(=O)C1=C(C)N=c2s/c(=C/c3cn(-c4ccccc4)nc3-c3ccc(F)cc3)c(=O)n2[C@@H]1c1ccc(C(C)C)cc1. The summed E-state index contributed by atoms with van der Waals surface area (Å²) in [5.74, 6) is -0.545. The first-order chi connectivity index (χ1) is 20.7. The number of halogens is 1. The topological polar surface area (TPSA) is 78.5 Å². The molecule has 6 rings (SSSR count). The predicted octanol–water partition coefficient (Wildman–Crippen LogP) is 5.52. The normalized spacial score (nSPS) is 15.0. The van der Waals surface area contributed by atoms with Crippen LogP contribution in [0.15, 0.2) is 106 Å². The van der Waals surface area contributed by atoms with Crippen LogP contribution in [0.5, 0.6) is 0 Å². The fourth-order valence-electron chi connectivity index (χ4n) is 5.25. The number of thiazole rings is 1. The number of fused-ring (bicyclic) bond motifs is 1. The highest BCUT2D eigenvalue weighted by Gasteiger charge is 2.33. The lowest BCUT2D eigenvalue weighted by molar-refractivity contribution is -0.136. The molecule has 1 atom stereocenters. The number of aromatic nitrogens is 3. The Hall–Kier alpha value is -4.89. The smallest absolute Gasteiger partial charge is 0.338 e. The molecule has 0 saturated heterocycles. The van der Waals surface area contributed by atoms with Crippen molar-refractivity contribution in [2.24, 2.45) is 4.99 Å². The molecule has 43 heavy (non-hydrogen) atoms. The predicted molar refractivity (Wildman–Crippen MR) is 165 cm³/mol. The number of methoxy groups -OCH3 is 1. The van der Waals surface area contributed by atoms with E-state index in [1.165, 1.54) is 30.6 Å². The van der Waals surface area contributed by atoms with Gasteiger partial charge >= 0.3 is 5.97 Å². The standard InChI is InChI=1S/C34H29FN4O3S/c1-20(2)22-10-12-24(13-11-22)31-29(33(41)42-4)21(3)36-34-39(31)32(40)28(43-34)18-25-19-38(27-8-6-5-7-9-27)37-30(25)23-14-16-26(35)17-15-23/h5-20,31H,1-4H3/b28-18+/t31-/m1/s1. The Bertz CT molecular complexity index is 2040. The summed E-state index contributed by atoms with van der Waals surface area (Å²) in [5.41, 5.74) is 5.31. The summed E-state index contributed by atoms with van der Waals surface area (Å²) < 4.78 is 22.6. The fraction of sp³-hybridized carbons (Fsp3) is 0.176. The van der Waals surface area contributed by atoms with Gasteiger partial charge in [0.2, 0.25) is 0 Å². The molecule has 3 heterocycles. The van der Waals surface area contributed by atoms with Gasteiger partial charge in [0, 0.05) is 17.3 Å². The molecule has 7 nitrogen and oxygen atoms in total. The average molecular weight is 593 g/mol. The molecule has 216 valence electrons. The van der Waals surface area contributed by atoms with Crippen molar-refractivity contribution in [2.45, 2.75) is 32.7 Å². The third-order valence-electron chi connectivity index (χ3n) is 7.51. The van der Waals surface area contributed by atoms with Crippen molar-refractivity contribution in [1.29, 1.82) is 0 Å². The van der Waals surface area contributed by atoms with Crippen LogP contribution < -0.4 is 14.9 Å². The van der Waals surface area contributed by atoms with Crippen molar-refractivity contribution in [3.63, 3.8) is 0 Å². The third-order valence-corrected chi connectivity index (χ3v) is 8.50. The molecule has 9 heteroatoms. The monoisotopic (exact) mass is 592 g/mol. The van der Waals surface area contributed by atoms with E-state index in [0.717, 1.165) is 16.8 Å². The zero-order valence-corrected chi connectivity index (χ0v) is 24.9. The van der Waals surface area contributed by atoms with E-state index >= 15 is 0 Å². The Morgan fingerprint density at radius 1 is 1.02 bits per heavy atom. The van der Waals surface area contributed by atoms with E-state index in [0.29, 0.717) is 43.3 Å². The molecule has 0 amide bonds. The molecule has 0 spiro atoms. The highest BCUT2D eigenvalue weighted by atomic mass is 32.1. The van der Waals surface area contributed by atoms with Crippen molar-refractivity contribution in [3.8, 4) is 16.9 Å². The minimum Gasteiger partial charge on any atom is -0.466 e. The van der Waals surface area contributed by atoms with Crippen LogP contribution in [0.25, 0.3) is 23.0 Å². The lowest BCUT2D eigenvalue weighted by atomic mass is 9.93. The molecule has 1 aliphatic heterocycles. The van der Waals surface area contributed by atoms with Crippen LogP contribution >= 0.6 is 11.3 Å². The van der Waals surface area contributed by atoms with E-state index in [-0.39, 0.29) is 11.4 Å². The van der Waals surface area contributed by atoms with E-state index in [9.17, 15) is 14.0 Å². The van der Waals surface area contributed by atoms with Gasteiger partial charge in [-0.25, -0.2) is 18.9 Å². The number of benzene rings is 3. The second kappa shape index (κ2) is 11.4. The summed E-state index contributed by atoms with van der Waals surface area (Å²) in [5, 5.41) is 4.80. The molecule has 2 aromatic heterocycles. The lowest BCUT2D eigenvalue weighted by Crippen LogP contribution is -2.39. The summed E-state index contributed by atoms with van der Waals surface area (Å²) in [7, 11) is 1.33. The zero-order valence-electron chi connectivity index (χ0n) is 24.1. The van der Waals surface area contributed by atoms with Crippen molar-refractivity contribution < 1.29 is 13.9 Å². The summed E-state index contributed by atoms with van der Waals surface area (Å²) in [4.78, 5) is 32.3. The molecule has 0 saturated carbocycles. The maximum atomic E-state index is 14.1. The fourth-order valence-corrected chi connectivity index (χ4v) is 6.29. The summed E-state index contributed by atoms with van der Waals surface area (Å²) >= 11 is 1.24. The number of ether oxygens (including phenoxy) is 1. The van der Waals surface area contributed by atoms with E-state index in [2.05, 4.69) is 18.8 Å². The third kappa shape index (κ3) is 5.28. The first-order valence-corrected chi connectivity index (χ1v) is 14.7. The Balaban J connectivity index is 1.55. The van der Waals surface area contributed by atoms with Gasteiger partial charge < -0.3 is 4.74 Å². The number of para-hydroxylation sites is 1. The van der Waals surface area contributed by atoms with Gasteiger partial charge in [0.25, 0.3) is 5.56 Å². The molecule has 0 radical (unpaired) electrons. The first-order valence-electron chi connectivity index (χ1n) is 13.9. The maximum absolute atomic E-state index is 14.1. The van der Waals surface area contributed by atoms with Crippen molar-refractivity contribution in [2.75, 3.05) is 7.11 Å². The van der Waals surface area contributed by atoms with Crippen LogP contribution in [0.1, 0.15) is 49.4 Å². The van der Waals surface area contributed by atoms with E-state index in [1.54, 1.807) is 34.4 Å². The van der Waals surface area contributed by atoms with Crippen LogP contribution in [-0.2, 0) is 9.53 Å². The zero-order chi connectivity index (χ0) is 30.2. The van der Waals surface area contributed by atoms with Gasteiger partial charge in [-0.15, -0.1) is 0 Å². The molecule has 5 aromatic rings. The Labute approximate surface area is 251 Å². The lowest BCUT2D eigenvalue weighted by Gasteiger charge is -2.24. The van der Waals surface area contributed by atoms with Crippen LogP contribution in [0, 0.1) is 5.82 Å². The molecule has 0 bridgehead atoms. The second-order valence-electron chi connectivity index (χ2n) is 10.6. The summed E-state index contributed by atoms with van der Waals surface area (Å²) in [6.45, 7) is 5.99. The van der Waals surface area contributed by atoms with Crippen LogP contribution in [-0.4, -0.2) is 27.4 Å². The van der Waals surface area contributed by atoms with Crippen molar-refractivity contribution in [1.82, 2.24) is 14.3 Å². The van der Waals surface area contributed by atoms with Gasteiger partial charge in [0.15, 0.2) is 4.80 Å². The van der Waals surface area contributed by atoms with Crippen LogP contribution in [0.2, 0.25) is 0 Å². The molecule has 0 fully saturated rings. The number of hydrogen-bond donors (Lipinski definition) is 0. The minimum atomic E-state index is -0.698. The molecule has 0 unspecified atom stereocenters. The Kier molecular flexibility index (Phi) is 7.50. The highest BCUT2D eigenvalue weighted by Crippen LogP contribution is 2.31. The number of hydrogen-bond acceptors (Lipinski definition) is 6. The van der Waals surface area contributed by atoms with Gasteiger partial charge in [-0.2, -0.15) is 5.10 Å². The van der Waals surface area contributed by atoms with Gasteiger partial charge in [-0.1, -0.05) is 67.6 Å². The minimum absolute atomic E-state index is 0.284. The molecule has 1 aliphatic rings. The molecule has 3 aromatic carbocycles. The second-order valence-corrected chi connectivity index (χ2v) is 11.6. The summed E-state index contributed by atoms with van der Waals surface area (Å²) in [6.07, 6.45) is 3.63. The summed E-state index contributed by atoms with van der Waals surface area (Å²) in [6, 6.07) is 23.0. The number of nitrogens with zero attached hydrogens (tertiary/aromatic N) is 4. The van der Waals surface area contributed by atoms with Gasteiger partial charge in [-0.05, 0) is 66.4 Å². The first kappa shape index (κ1) is 28.2. The quantitative estimate of drug-likeness (QED) is 0.243. The van der Waals surface area contributed by atoms with Crippen LogP contribution in [0.4, 0.5) is 4.39 Å². The number of rotatable bonds is 6. The molecular formula is C34H29FN4O3S. The largest absolute Gasteiger partial charge is 0.466 e. The molecule has 0 aliphatic carbocycles. The van der Waals surface area contributed by atoms with Gasteiger partial charge in [0.1, 0.15) is 11.5 Å². The van der Waals surface area contributed by atoms with Gasteiger partial charge in [-0.3, -0.25) is 9.36 Å². The Morgan fingerprint density at radius 3 is 2.37 bits per heavy atom. The molecular weight excluding hydrogens is 563 g/mol. The van der Waals surface area contributed by atoms with E-state index < -0.39 is 12.0 Å². The number of carbonyl (C=O) groups is 1. The number of allylic oxidation sites excluding steroid dienone is 1. The number of carbonyl (C=O) groups excluding carboxylic acids is 1. The van der Waals surface area contributed by atoms with Crippen molar-refractivity contribution in [3.05, 3.63) is 139 Å². The van der Waals surface area contributed by atoms with Crippen LogP contribution in [0.3, 0.4) is 0 Å².